The van der Waals surface area contributed by atoms with Crippen molar-refractivity contribution in [2.24, 2.45) is 0 Å². The van der Waals surface area contributed by atoms with E-state index in [1.165, 1.54) is 20.3 Å². The number of pyridine rings is 1. The van der Waals surface area contributed by atoms with Crippen LogP contribution in [0.3, 0.4) is 0 Å². The molecule has 0 aliphatic carbocycles. The Labute approximate surface area is 177 Å². The normalized spacial score (nSPS) is 10.5. The van der Waals surface area contributed by atoms with Gasteiger partial charge in [0.05, 0.1) is 19.7 Å². The SMILES string of the molecule is COC(=O)c1cc2cc(Cl)cc(CNC(=O)NCc3ccccc3F)c2nc1OC. The number of hydrogen-bond donors (Lipinski definition) is 2. The van der Waals surface area contributed by atoms with Gasteiger partial charge in [0.25, 0.3) is 0 Å². The Balaban J connectivity index is 1.79. The van der Waals surface area contributed by atoms with Gasteiger partial charge in [-0.15, -0.1) is 0 Å². The first-order valence-electron chi connectivity index (χ1n) is 8.93. The van der Waals surface area contributed by atoms with Crippen LogP contribution in [-0.4, -0.2) is 31.2 Å². The molecule has 156 valence electrons. The molecule has 1 aromatic heterocycles. The second kappa shape index (κ2) is 9.41. The molecule has 7 nitrogen and oxygen atoms in total. The Morgan fingerprint density at radius 3 is 2.43 bits per heavy atom. The van der Waals surface area contributed by atoms with Gasteiger partial charge in [0, 0.05) is 29.1 Å². The zero-order valence-electron chi connectivity index (χ0n) is 16.3. The molecule has 2 N–H and O–H groups in total. The number of methoxy groups -OCH3 is 2. The van der Waals surface area contributed by atoms with Crippen LogP contribution in [0.4, 0.5) is 9.18 Å². The molecular weight excluding hydrogens is 413 g/mol. The standard InChI is InChI=1S/C21H19ClFN3O4/c1-29-19-16(20(27)30-2)9-13-7-15(22)8-14(18(13)26-19)11-25-21(28)24-10-12-5-3-4-6-17(12)23/h3-9H,10-11H2,1-2H3,(H2,24,25,28). The van der Waals surface area contributed by atoms with Crippen LogP contribution in [0.5, 0.6) is 5.88 Å². The van der Waals surface area contributed by atoms with E-state index < -0.39 is 17.8 Å². The second-order valence-corrected chi connectivity index (χ2v) is 6.74. The predicted octanol–water partition coefficient (Wildman–Crippen LogP) is 3.82. The topological polar surface area (TPSA) is 89.5 Å². The average molecular weight is 432 g/mol. The van der Waals surface area contributed by atoms with Crippen LogP contribution in [-0.2, 0) is 17.8 Å². The maximum atomic E-state index is 13.7. The highest BCUT2D eigenvalue weighted by Gasteiger charge is 2.18. The van der Waals surface area contributed by atoms with Crippen molar-refractivity contribution < 1.29 is 23.5 Å². The van der Waals surface area contributed by atoms with Crippen LogP contribution < -0.4 is 15.4 Å². The van der Waals surface area contributed by atoms with Gasteiger partial charge in [0.2, 0.25) is 5.88 Å². The number of rotatable bonds is 6. The van der Waals surface area contributed by atoms with Gasteiger partial charge in [-0.05, 0) is 29.8 Å². The molecule has 3 rings (SSSR count). The van der Waals surface area contributed by atoms with Crippen molar-refractivity contribution in [1.29, 1.82) is 0 Å². The molecule has 1 heterocycles. The molecule has 0 aliphatic rings. The first-order valence-corrected chi connectivity index (χ1v) is 9.31. The molecule has 2 amide bonds. The van der Waals surface area contributed by atoms with Gasteiger partial charge >= 0.3 is 12.0 Å². The fourth-order valence-electron chi connectivity index (χ4n) is 2.91. The number of esters is 1. The smallest absolute Gasteiger partial charge is 0.343 e. The number of benzene rings is 2. The van der Waals surface area contributed by atoms with E-state index in [0.717, 1.165) is 0 Å². The first-order chi connectivity index (χ1) is 14.4. The zero-order valence-corrected chi connectivity index (χ0v) is 17.0. The highest BCUT2D eigenvalue weighted by Crippen LogP contribution is 2.28. The first kappa shape index (κ1) is 21.3. The highest BCUT2D eigenvalue weighted by atomic mass is 35.5. The number of aromatic nitrogens is 1. The monoisotopic (exact) mass is 431 g/mol. The zero-order chi connectivity index (χ0) is 21.7. The number of amides is 2. The van der Waals surface area contributed by atoms with Crippen molar-refractivity contribution in [3.05, 3.63) is 70.0 Å². The summed E-state index contributed by atoms with van der Waals surface area (Å²) in [6, 6.07) is 10.6. The van der Waals surface area contributed by atoms with Gasteiger partial charge < -0.3 is 20.1 Å². The Bertz CT molecular complexity index is 1110. The Kier molecular flexibility index (Phi) is 6.68. The summed E-state index contributed by atoms with van der Waals surface area (Å²) >= 11 is 6.19. The lowest BCUT2D eigenvalue weighted by molar-refractivity contribution is 0.0596. The summed E-state index contributed by atoms with van der Waals surface area (Å²) in [5, 5.41) is 6.29. The van der Waals surface area contributed by atoms with E-state index in [-0.39, 0.29) is 24.5 Å². The van der Waals surface area contributed by atoms with E-state index in [2.05, 4.69) is 15.6 Å². The van der Waals surface area contributed by atoms with Gasteiger partial charge in [-0.2, -0.15) is 0 Å². The minimum absolute atomic E-state index is 0.0450. The predicted molar refractivity (Wildman–Crippen MR) is 110 cm³/mol. The average Bonchev–Trinajstić information content (AvgIpc) is 2.75. The third-order valence-electron chi connectivity index (χ3n) is 4.36. The van der Waals surface area contributed by atoms with Gasteiger partial charge in [-0.1, -0.05) is 29.8 Å². The Morgan fingerprint density at radius 2 is 1.77 bits per heavy atom. The Hall–Kier alpha value is -3.39. The van der Waals surface area contributed by atoms with E-state index in [1.807, 2.05) is 0 Å². The molecule has 2 aromatic carbocycles. The quantitative estimate of drug-likeness (QED) is 0.579. The van der Waals surface area contributed by atoms with Crippen LogP contribution in [0, 0.1) is 5.82 Å². The van der Waals surface area contributed by atoms with Crippen LogP contribution in [0.25, 0.3) is 10.9 Å². The second-order valence-electron chi connectivity index (χ2n) is 6.30. The fourth-order valence-corrected chi connectivity index (χ4v) is 3.16. The van der Waals surface area contributed by atoms with Crippen molar-refractivity contribution in [2.45, 2.75) is 13.1 Å². The number of nitrogens with zero attached hydrogens (tertiary/aromatic N) is 1. The minimum Gasteiger partial charge on any atom is -0.480 e. The van der Waals surface area contributed by atoms with Crippen molar-refractivity contribution in [3.8, 4) is 5.88 Å². The molecular formula is C21H19ClFN3O4. The largest absolute Gasteiger partial charge is 0.480 e. The van der Waals surface area contributed by atoms with Crippen LogP contribution in [0.2, 0.25) is 5.02 Å². The lowest BCUT2D eigenvalue weighted by atomic mass is 10.1. The summed E-state index contributed by atoms with van der Waals surface area (Å²) in [5.74, 6) is -0.883. The molecule has 0 unspecified atom stereocenters. The molecule has 0 saturated carbocycles. The molecule has 9 heteroatoms. The number of hydrogen-bond acceptors (Lipinski definition) is 5. The van der Waals surface area contributed by atoms with E-state index >= 15 is 0 Å². The number of carbonyl (C=O) groups is 2. The summed E-state index contributed by atoms with van der Waals surface area (Å²) < 4.78 is 23.6. The summed E-state index contributed by atoms with van der Waals surface area (Å²) in [6.07, 6.45) is 0. The van der Waals surface area contributed by atoms with Crippen LogP contribution in [0.15, 0.2) is 42.5 Å². The van der Waals surface area contributed by atoms with E-state index in [1.54, 1.807) is 36.4 Å². The van der Waals surface area contributed by atoms with E-state index in [0.29, 0.717) is 27.1 Å². The number of urea groups is 1. The molecule has 3 aromatic rings. The molecule has 0 atom stereocenters. The molecule has 0 bridgehead atoms. The molecule has 30 heavy (non-hydrogen) atoms. The van der Waals surface area contributed by atoms with Crippen LogP contribution >= 0.6 is 11.6 Å². The summed E-state index contributed by atoms with van der Waals surface area (Å²) in [5.41, 5.74) is 1.67. The summed E-state index contributed by atoms with van der Waals surface area (Å²) in [6.45, 7) is 0.150. The van der Waals surface area contributed by atoms with Gasteiger partial charge in [-0.25, -0.2) is 19.0 Å². The fraction of sp³-hybridized carbons (Fsp3) is 0.190. The molecule has 0 fully saturated rings. The van der Waals surface area contributed by atoms with Crippen molar-refractivity contribution in [2.75, 3.05) is 14.2 Å². The number of carbonyl (C=O) groups excluding carboxylic acids is 2. The Morgan fingerprint density at radius 1 is 1.07 bits per heavy atom. The molecule has 0 spiro atoms. The minimum atomic E-state index is -0.589. The maximum absolute atomic E-state index is 13.7. The lowest BCUT2D eigenvalue weighted by Gasteiger charge is -2.13. The lowest BCUT2D eigenvalue weighted by Crippen LogP contribution is -2.34. The van der Waals surface area contributed by atoms with Gasteiger partial charge in [-0.3, -0.25) is 0 Å². The molecule has 0 radical (unpaired) electrons. The van der Waals surface area contributed by atoms with Gasteiger partial charge in [0.15, 0.2) is 0 Å². The van der Waals surface area contributed by atoms with Gasteiger partial charge in [0.1, 0.15) is 11.4 Å². The van der Waals surface area contributed by atoms with Crippen molar-refractivity contribution >= 4 is 34.5 Å². The summed E-state index contributed by atoms with van der Waals surface area (Å²) in [4.78, 5) is 28.5. The molecule has 0 saturated heterocycles. The third-order valence-corrected chi connectivity index (χ3v) is 4.58. The van der Waals surface area contributed by atoms with Crippen molar-refractivity contribution in [1.82, 2.24) is 15.6 Å². The summed E-state index contributed by atoms with van der Waals surface area (Å²) in [7, 11) is 2.66. The number of halogens is 2. The van der Waals surface area contributed by atoms with E-state index in [4.69, 9.17) is 21.1 Å². The number of ether oxygens (including phenoxy) is 2. The maximum Gasteiger partial charge on any atom is 0.343 e. The molecule has 0 aliphatic heterocycles. The van der Waals surface area contributed by atoms with Crippen LogP contribution in [0.1, 0.15) is 21.5 Å². The highest BCUT2D eigenvalue weighted by molar-refractivity contribution is 6.31. The van der Waals surface area contributed by atoms with E-state index in [9.17, 15) is 14.0 Å². The van der Waals surface area contributed by atoms with Crippen molar-refractivity contribution in [3.63, 3.8) is 0 Å². The third kappa shape index (κ3) is 4.77. The number of fused-ring (bicyclic) bond motifs is 1. The number of nitrogens with one attached hydrogen (secondary N) is 2.